The molecule has 1 aromatic carbocycles. The maximum Gasteiger partial charge on any atom is 0.0615 e. The third kappa shape index (κ3) is 2.13. The predicted molar refractivity (Wildman–Crippen MR) is 77.7 cm³/mol. The minimum absolute atomic E-state index is 0.0799. The van der Waals surface area contributed by atoms with Gasteiger partial charge in [0.2, 0.25) is 0 Å². The molecule has 2 aliphatic rings. The van der Waals surface area contributed by atoms with Crippen molar-refractivity contribution in [1.29, 1.82) is 0 Å². The fraction of sp³-hybridized carbons (Fsp3) is 0.529. The second-order valence-electron chi connectivity index (χ2n) is 6.04. The summed E-state index contributed by atoms with van der Waals surface area (Å²) in [5, 5.41) is 10.4. The van der Waals surface area contributed by atoms with Gasteiger partial charge in [-0.15, -0.1) is 6.58 Å². The molecule has 2 nitrogen and oxygen atoms in total. The van der Waals surface area contributed by atoms with Crippen LogP contribution in [0.4, 0.5) is 0 Å². The molecule has 0 amide bonds. The fourth-order valence-electron chi connectivity index (χ4n) is 4.15. The van der Waals surface area contributed by atoms with Crippen LogP contribution in [0.15, 0.2) is 43.0 Å². The Morgan fingerprint density at radius 3 is 2.84 bits per heavy atom. The monoisotopic (exact) mass is 257 g/mol. The molecule has 1 aliphatic heterocycles. The summed E-state index contributed by atoms with van der Waals surface area (Å²) in [6.45, 7) is 6.01. The first-order valence-electron chi connectivity index (χ1n) is 7.33. The molecule has 19 heavy (non-hydrogen) atoms. The standard InChI is InChI=1S/C17H23NO/c1-2-10-17-11-12-18(15(17)8-9-16(17)19)13-14-6-4-3-5-7-14/h2-7,15-16,19H,1,8-13H2/t15-,16-,17-/m0/s1. The molecular weight excluding hydrogens is 234 g/mol. The quantitative estimate of drug-likeness (QED) is 0.838. The Morgan fingerprint density at radius 2 is 2.11 bits per heavy atom. The zero-order chi connectivity index (χ0) is 13.3. The average Bonchev–Trinajstić information content (AvgIpc) is 2.92. The number of benzene rings is 1. The van der Waals surface area contributed by atoms with Crippen molar-refractivity contribution in [3.63, 3.8) is 0 Å². The SMILES string of the molecule is C=CC[C@]12CCN(Cc3ccccc3)[C@H]1CC[C@@H]2O. The van der Waals surface area contributed by atoms with Gasteiger partial charge in [-0.2, -0.15) is 0 Å². The molecule has 1 aliphatic carbocycles. The van der Waals surface area contributed by atoms with Crippen molar-refractivity contribution in [2.45, 2.75) is 44.4 Å². The highest BCUT2D eigenvalue weighted by atomic mass is 16.3. The van der Waals surface area contributed by atoms with E-state index in [0.717, 1.165) is 38.8 Å². The molecule has 0 unspecified atom stereocenters. The molecule has 3 rings (SSSR count). The first kappa shape index (κ1) is 12.9. The predicted octanol–water partition coefficient (Wildman–Crippen LogP) is 2.98. The van der Waals surface area contributed by atoms with E-state index < -0.39 is 0 Å². The molecular formula is C17H23NO. The molecule has 1 N–H and O–H groups in total. The van der Waals surface area contributed by atoms with Gasteiger partial charge in [0.15, 0.2) is 0 Å². The number of hydrogen-bond donors (Lipinski definition) is 1. The van der Waals surface area contributed by atoms with Crippen molar-refractivity contribution < 1.29 is 5.11 Å². The van der Waals surface area contributed by atoms with Gasteiger partial charge in [-0.25, -0.2) is 0 Å². The van der Waals surface area contributed by atoms with Gasteiger partial charge in [0.1, 0.15) is 0 Å². The van der Waals surface area contributed by atoms with Crippen LogP contribution >= 0.6 is 0 Å². The van der Waals surface area contributed by atoms with Gasteiger partial charge in [-0.1, -0.05) is 36.4 Å². The maximum absolute atomic E-state index is 10.4. The fourth-order valence-corrected chi connectivity index (χ4v) is 4.15. The first-order chi connectivity index (χ1) is 9.26. The molecule has 3 atom stereocenters. The lowest BCUT2D eigenvalue weighted by Crippen LogP contribution is -2.39. The van der Waals surface area contributed by atoms with Crippen LogP contribution in [0.2, 0.25) is 0 Å². The van der Waals surface area contributed by atoms with Crippen LogP contribution in [0.5, 0.6) is 0 Å². The second kappa shape index (κ2) is 5.10. The maximum atomic E-state index is 10.4. The van der Waals surface area contributed by atoms with E-state index in [1.807, 2.05) is 6.08 Å². The van der Waals surface area contributed by atoms with Gasteiger partial charge < -0.3 is 5.11 Å². The van der Waals surface area contributed by atoms with Crippen LogP contribution in [0.25, 0.3) is 0 Å². The summed E-state index contributed by atoms with van der Waals surface area (Å²) in [6.07, 6.45) is 5.98. The van der Waals surface area contributed by atoms with Crippen LogP contribution in [-0.2, 0) is 6.54 Å². The Bertz CT molecular complexity index is 444. The largest absolute Gasteiger partial charge is 0.392 e. The van der Waals surface area contributed by atoms with E-state index in [1.165, 1.54) is 5.56 Å². The van der Waals surface area contributed by atoms with Gasteiger partial charge in [0, 0.05) is 18.0 Å². The zero-order valence-corrected chi connectivity index (χ0v) is 11.5. The molecule has 0 bridgehead atoms. The van der Waals surface area contributed by atoms with E-state index in [1.54, 1.807) is 0 Å². The number of aliphatic hydroxyl groups excluding tert-OH is 1. The van der Waals surface area contributed by atoms with Crippen LogP contribution in [0, 0.1) is 5.41 Å². The van der Waals surface area contributed by atoms with Crippen LogP contribution in [0.1, 0.15) is 31.2 Å². The van der Waals surface area contributed by atoms with E-state index >= 15 is 0 Å². The van der Waals surface area contributed by atoms with Crippen molar-refractivity contribution in [3.05, 3.63) is 48.6 Å². The number of fused-ring (bicyclic) bond motifs is 1. The van der Waals surface area contributed by atoms with Gasteiger partial charge in [-0.3, -0.25) is 4.90 Å². The summed E-state index contributed by atoms with van der Waals surface area (Å²) in [6, 6.07) is 11.2. The lowest BCUT2D eigenvalue weighted by Gasteiger charge is -2.34. The van der Waals surface area contributed by atoms with Crippen molar-refractivity contribution in [1.82, 2.24) is 4.90 Å². The highest BCUT2D eigenvalue weighted by Crippen LogP contribution is 2.51. The highest BCUT2D eigenvalue weighted by molar-refractivity contribution is 5.17. The molecule has 1 aromatic rings. The van der Waals surface area contributed by atoms with Gasteiger partial charge in [-0.05, 0) is 37.8 Å². The normalized spacial score (nSPS) is 34.4. The van der Waals surface area contributed by atoms with Crippen molar-refractivity contribution >= 4 is 0 Å². The molecule has 1 saturated carbocycles. The molecule has 102 valence electrons. The minimum atomic E-state index is -0.142. The summed E-state index contributed by atoms with van der Waals surface area (Å²) >= 11 is 0. The molecule has 0 spiro atoms. The van der Waals surface area contributed by atoms with Crippen LogP contribution in [-0.4, -0.2) is 28.7 Å². The lowest BCUT2D eigenvalue weighted by molar-refractivity contribution is 0.0428. The van der Waals surface area contributed by atoms with E-state index in [-0.39, 0.29) is 11.5 Å². The summed E-state index contributed by atoms with van der Waals surface area (Å²) in [7, 11) is 0. The van der Waals surface area contributed by atoms with Gasteiger partial charge >= 0.3 is 0 Å². The Hall–Kier alpha value is -1.12. The van der Waals surface area contributed by atoms with Crippen molar-refractivity contribution in [2.75, 3.05) is 6.54 Å². The van der Waals surface area contributed by atoms with E-state index in [4.69, 9.17) is 0 Å². The van der Waals surface area contributed by atoms with E-state index in [9.17, 15) is 5.11 Å². The molecule has 1 saturated heterocycles. The van der Waals surface area contributed by atoms with Crippen molar-refractivity contribution in [2.24, 2.45) is 5.41 Å². The Balaban J connectivity index is 1.78. The summed E-state index contributed by atoms with van der Waals surface area (Å²) in [5.74, 6) is 0. The molecule has 2 fully saturated rings. The first-order valence-corrected chi connectivity index (χ1v) is 7.33. The summed E-state index contributed by atoms with van der Waals surface area (Å²) < 4.78 is 0. The van der Waals surface area contributed by atoms with Crippen molar-refractivity contribution in [3.8, 4) is 0 Å². The Labute approximate surface area is 115 Å². The Morgan fingerprint density at radius 1 is 1.32 bits per heavy atom. The minimum Gasteiger partial charge on any atom is -0.392 e. The average molecular weight is 257 g/mol. The number of rotatable bonds is 4. The Kier molecular flexibility index (Phi) is 3.46. The number of nitrogens with zero attached hydrogens (tertiary/aromatic N) is 1. The third-order valence-electron chi connectivity index (χ3n) is 5.10. The van der Waals surface area contributed by atoms with Gasteiger partial charge in [0.25, 0.3) is 0 Å². The topological polar surface area (TPSA) is 23.5 Å². The third-order valence-corrected chi connectivity index (χ3v) is 5.10. The zero-order valence-electron chi connectivity index (χ0n) is 11.5. The molecule has 1 heterocycles. The van der Waals surface area contributed by atoms with Crippen LogP contribution in [0.3, 0.4) is 0 Å². The number of allylic oxidation sites excluding steroid dienone is 1. The number of likely N-dealkylation sites (tertiary alicyclic amines) is 1. The van der Waals surface area contributed by atoms with Gasteiger partial charge in [0.05, 0.1) is 6.10 Å². The summed E-state index contributed by atoms with van der Waals surface area (Å²) in [4.78, 5) is 2.56. The lowest BCUT2D eigenvalue weighted by atomic mass is 9.77. The van der Waals surface area contributed by atoms with Crippen LogP contribution < -0.4 is 0 Å². The summed E-state index contributed by atoms with van der Waals surface area (Å²) in [5.41, 5.74) is 1.45. The number of aliphatic hydroxyl groups is 1. The van der Waals surface area contributed by atoms with E-state index in [0.29, 0.717) is 6.04 Å². The molecule has 0 radical (unpaired) electrons. The highest BCUT2D eigenvalue weighted by Gasteiger charge is 2.54. The molecule has 2 heteroatoms. The smallest absolute Gasteiger partial charge is 0.0615 e. The van der Waals surface area contributed by atoms with E-state index in [2.05, 4.69) is 41.8 Å². The second-order valence-corrected chi connectivity index (χ2v) is 6.04. The molecule has 0 aromatic heterocycles. The number of hydrogen-bond acceptors (Lipinski definition) is 2.